The van der Waals surface area contributed by atoms with Gasteiger partial charge in [-0.25, -0.2) is 4.79 Å². The molecule has 234 valence electrons. The highest BCUT2D eigenvalue weighted by atomic mass is 16.5. The van der Waals surface area contributed by atoms with Gasteiger partial charge in [0.05, 0.1) is 18.5 Å². The Labute approximate surface area is 258 Å². The molecule has 0 bridgehead atoms. The summed E-state index contributed by atoms with van der Waals surface area (Å²) in [6.45, 7) is 11.1. The first-order valence-corrected chi connectivity index (χ1v) is 14.6. The summed E-state index contributed by atoms with van der Waals surface area (Å²) in [5.74, 6) is -1.70. The van der Waals surface area contributed by atoms with E-state index in [9.17, 15) is 24.3 Å². The standard InChI is InChI=1S/C34H42N4O6/c1-20(2)14-29(38-31(39)18-35-34(43)36-26-11-9-10-25(17-26)24(6)33(41)42)27-12-7-8-13-30(27)44-19-32(40)37-28-16-21(3)15-22(4)23(28)5/h7-13,15-17,20,24,29H,14,18-19H2,1-6H3,(H,37,40)(H,38,39)(H,41,42)(H2,35,36,43). The molecule has 0 fully saturated rings. The van der Waals surface area contributed by atoms with Gasteiger partial charge in [0.2, 0.25) is 5.91 Å². The number of hydrogen-bond acceptors (Lipinski definition) is 5. The van der Waals surface area contributed by atoms with Gasteiger partial charge in [-0.15, -0.1) is 0 Å². The average molecular weight is 603 g/mol. The number of anilines is 2. The lowest BCUT2D eigenvalue weighted by atomic mass is 9.96. The second kappa shape index (κ2) is 15.6. The van der Waals surface area contributed by atoms with Crippen molar-refractivity contribution in [3.8, 4) is 5.75 Å². The highest BCUT2D eigenvalue weighted by molar-refractivity contribution is 5.93. The van der Waals surface area contributed by atoms with Crippen LogP contribution in [0.2, 0.25) is 0 Å². The van der Waals surface area contributed by atoms with E-state index in [4.69, 9.17) is 4.74 Å². The predicted molar refractivity (Wildman–Crippen MR) is 171 cm³/mol. The molecule has 2 unspecified atom stereocenters. The first-order chi connectivity index (χ1) is 20.8. The lowest BCUT2D eigenvalue weighted by molar-refractivity contribution is -0.138. The van der Waals surface area contributed by atoms with E-state index in [0.717, 1.165) is 27.9 Å². The van der Waals surface area contributed by atoms with Gasteiger partial charge in [0.1, 0.15) is 5.75 Å². The Morgan fingerprint density at radius 3 is 2.30 bits per heavy atom. The second-order valence-corrected chi connectivity index (χ2v) is 11.4. The Morgan fingerprint density at radius 2 is 1.59 bits per heavy atom. The van der Waals surface area contributed by atoms with Crippen molar-refractivity contribution in [3.05, 3.63) is 88.5 Å². The third kappa shape index (κ3) is 9.86. The minimum atomic E-state index is -0.970. The molecule has 0 saturated heterocycles. The van der Waals surface area contributed by atoms with Crippen molar-refractivity contribution < 1.29 is 29.0 Å². The number of aliphatic carboxylic acids is 1. The number of amides is 4. The number of urea groups is 1. The van der Waals surface area contributed by atoms with Crippen LogP contribution in [0.3, 0.4) is 0 Å². The smallest absolute Gasteiger partial charge is 0.319 e. The molecule has 3 aromatic carbocycles. The van der Waals surface area contributed by atoms with Crippen LogP contribution in [0.1, 0.15) is 67.0 Å². The minimum Gasteiger partial charge on any atom is -0.483 e. The Morgan fingerprint density at radius 1 is 0.864 bits per heavy atom. The maximum absolute atomic E-state index is 12.9. The van der Waals surface area contributed by atoms with Crippen LogP contribution in [0.4, 0.5) is 16.2 Å². The number of aryl methyl sites for hydroxylation is 2. The summed E-state index contributed by atoms with van der Waals surface area (Å²) in [5, 5.41) is 20.3. The largest absolute Gasteiger partial charge is 0.483 e. The molecule has 0 aliphatic carbocycles. The molecule has 3 aromatic rings. The van der Waals surface area contributed by atoms with Crippen LogP contribution in [0.5, 0.6) is 5.75 Å². The van der Waals surface area contributed by atoms with Crippen LogP contribution < -0.4 is 26.0 Å². The van der Waals surface area contributed by atoms with Crippen LogP contribution in [0.15, 0.2) is 60.7 Å². The molecule has 44 heavy (non-hydrogen) atoms. The van der Waals surface area contributed by atoms with Crippen molar-refractivity contribution >= 4 is 35.2 Å². The number of carboxylic acid groups (broad SMARTS) is 1. The van der Waals surface area contributed by atoms with Crippen LogP contribution in [0, 0.1) is 26.7 Å². The number of carbonyl (C=O) groups excluding carboxylic acids is 3. The molecule has 0 aromatic heterocycles. The molecule has 0 aliphatic heterocycles. The fourth-order valence-corrected chi connectivity index (χ4v) is 4.74. The van der Waals surface area contributed by atoms with Gasteiger partial charge in [-0.05, 0) is 86.6 Å². The predicted octanol–water partition coefficient (Wildman–Crippen LogP) is 5.84. The first-order valence-electron chi connectivity index (χ1n) is 14.6. The van der Waals surface area contributed by atoms with Gasteiger partial charge < -0.3 is 31.1 Å². The van der Waals surface area contributed by atoms with E-state index in [2.05, 4.69) is 27.3 Å². The van der Waals surface area contributed by atoms with E-state index in [1.165, 1.54) is 0 Å². The Kier molecular flexibility index (Phi) is 11.9. The summed E-state index contributed by atoms with van der Waals surface area (Å²) in [4.78, 5) is 49.5. The van der Waals surface area contributed by atoms with Crippen molar-refractivity contribution in [2.45, 2.75) is 59.9 Å². The molecule has 5 N–H and O–H groups in total. The number of carboxylic acids is 1. The average Bonchev–Trinajstić information content (AvgIpc) is 2.96. The van der Waals surface area contributed by atoms with Crippen LogP contribution in [-0.4, -0.2) is 42.1 Å². The molecule has 0 radical (unpaired) electrons. The molecule has 0 spiro atoms. The number of rotatable bonds is 13. The number of carbonyl (C=O) groups is 4. The van der Waals surface area contributed by atoms with Gasteiger partial charge in [0.15, 0.2) is 6.61 Å². The van der Waals surface area contributed by atoms with E-state index in [1.54, 1.807) is 43.3 Å². The number of para-hydroxylation sites is 1. The van der Waals surface area contributed by atoms with Crippen molar-refractivity contribution in [1.82, 2.24) is 10.6 Å². The lowest BCUT2D eigenvalue weighted by Gasteiger charge is -2.24. The lowest BCUT2D eigenvalue weighted by Crippen LogP contribution is -2.40. The van der Waals surface area contributed by atoms with Crippen LogP contribution >= 0.6 is 0 Å². The monoisotopic (exact) mass is 602 g/mol. The highest BCUT2D eigenvalue weighted by Gasteiger charge is 2.21. The van der Waals surface area contributed by atoms with Crippen LogP contribution in [-0.2, 0) is 14.4 Å². The molecular weight excluding hydrogens is 560 g/mol. The van der Waals surface area contributed by atoms with Gasteiger partial charge >= 0.3 is 12.0 Å². The fourth-order valence-electron chi connectivity index (χ4n) is 4.74. The van der Waals surface area contributed by atoms with E-state index in [-0.39, 0.29) is 25.0 Å². The minimum absolute atomic E-state index is 0.208. The van der Waals surface area contributed by atoms with E-state index < -0.39 is 29.9 Å². The zero-order valence-electron chi connectivity index (χ0n) is 26.1. The van der Waals surface area contributed by atoms with E-state index >= 15 is 0 Å². The summed E-state index contributed by atoms with van der Waals surface area (Å²) < 4.78 is 5.94. The third-order valence-electron chi connectivity index (χ3n) is 7.21. The quantitative estimate of drug-likeness (QED) is 0.166. The van der Waals surface area contributed by atoms with Gasteiger partial charge in [-0.3, -0.25) is 14.4 Å². The molecular formula is C34H42N4O6. The van der Waals surface area contributed by atoms with Gasteiger partial charge in [0.25, 0.3) is 5.91 Å². The van der Waals surface area contributed by atoms with Crippen molar-refractivity contribution in [2.24, 2.45) is 5.92 Å². The van der Waals surface area contributed by atoms with Gasteiger partial charge in [0, 0.05) is 16.9 Å². The number of ether oxygens (including phenoxy) is 1. The molecule has 10 heteroatoms. The van der Waals surface area contributed by atoms with E-state index in [1.807, 2.05) is 52.8 Å². The van der Waals surface area contributed by atoms with Crippen molar-refractivity contribution in [1.29, 1.82) is 0 Å². The normalized spacial score (nSPS) is 12.2. The summed E-state index contributed by atoms with van der Waals surface area (Å²) in [5.41, 5.74) is 5.55. The van der Waals surface area contributed by atoms with Gasteiger partial charge in [-0.1, -0.05) is 50.2 Å². The zero-order valence-corrected chi connectivity index (χ0v) is 26.1. The van der Waals surface area contributed by atoms with Crippen LogP contribution in [0.25, 0.3) is 0 Å². The highest BCUT2D eigenvalue weighted by Crippen LogP contribution is 2.30. The van der Waals surface area contributed by atoms with Gasteiger partial charge in [-0.2, -0.15) is 0 Å². The number of benzene rings is 3. The molecule has 2 atom stereocenters. The van der Waals surface area contributed by atoms with Crippen molar-refractivity contribution in [2.75, 3.05) is 23.8 Å². The van der Waals surface area contributed by atoms with Crippen molar-refractivity contribution in [3.63, 3.8) is 0 Å². The Hall–Kier alpha value is -4.86. The number of hydrogen-bond donors (Lipinski definition) is 5. The summed E-state index contributed by atoms with van der Waals surface area (Å²) in [7, 11) is 0. The molecule has 10 nitrogen and oxygen atoms in total. The first kappa shape index (κ1) is 33.6. The zero-order chi connectivity index (χ0) is 32.4. The summed E-state index contributed by atoms with van der Waals surface area (Å²) >= 11 is 0. The number of nitrogens with one attached hydrogen (secondary N) is 4. The topological polar surface area (TPSA) is 146 Å². The molecule has 3 rings (SSSR count). The summed E-state index contributed by atoms with van der Waals surface area (Å²) in [6.07, 6.45) is 0.598. The Balaban J connectivity index is 1.62. The SMILES string of the molecule is Cc1cc(C)c(C)c(NC(=O)COc2ccccc2C(CC(C)C)NC(=O)CNC(=O)Nc2cccc(C(C)C(=O)O)c2)c1. The fraction of sp³-hybridized carbons (Fsp3) is 0.353. The third-order valence-corrected chi connectivity index (χ3v) is 7.21. The molecule has 4 amide bonds. The second-order valence-electron chi connectivity index (χ2n) is 11.4. The maximum Gasteiger partial charge on any atom is 0.319 e. The maximum atomic E-state index is 12.9. The Bertz CT molecular complexity index is 1500. The summed E-state index contributed by atoms with van der Waals surface area (Å²) in [6, 6.07) is 16.7. The molecule has 0 saturated carbocycles. The molecule has 0 heterocycles. The van der Waals surface area contributed by atoms with E-state index in [0.29, 0.717) is 23.4 Å². The molecule has 0 aliphatic rings.